The van der Waals surface area contributed by atoms with Crippen molar-refractivity contribution in [2.24, 2.45) is 5.73 Å². The van der Waals surface area contributed by atoms with Crippen molar-refractivity contribution >= 4 is 17.5 Å². The smallest absolute Gasteiger partial charge is 0.246 e. The van der Waals surface area contributed by atoms with E-state index in [2.05, 4.69) is 0 Å². The first-order valence-electron chi connectivity index (χ1n) is 4.20. The Morgan fingerprint density at radius 1 is 1.50 bits per heavy atom. The van der Waals surface area contributed by atoms with Crippen molar-refractivity contribution in [1.82, 2.24) is 0 Å². The van der Waals surface area contributed by atoms with Crippen LogP contribution in [0, 0.1) is 0 Å². The fraction of sp³-hybridized carbons (Fsp3) is 0.300. The van der Waals surface area contributed by atoms with E-state index in [1.54, 1.807) is 12.1 Å². The fourth-order valence-electron chi connectivity index (χ4n) is 1.13. The normalized spacial score (nSPS) is 12.4. The lowest BCUT2D eigenvalue weighted by Crippen LogP contribution is -2.32. The molecule has 0 aliphatic heterocycles. The summed E-state index contributed by atoms with van der Waals surface area (Å²) in [4.78, 5) is 10.9. The van der Waals surface area contributed by atoms with Crippen LogP contribution in [-0.2, 0) is 16.0 Å². The molecule has 0 aromatic heterocycles. The standard InChI is InChI=1S/C10H12ClNO2/c1-14-9(10(12)13)6-7-2-4-8(11)5-3-7/h2-5,9H,6H2,1H3,(H2,12,13). The highest BCUT2D eigenvalue weighted by Crippen LogP contribution is 2.11. The van der Waals surface area contributed by atoms with Gasteiger partial charge in [-0.05, 0) is 17.7 Å². The molecule has 0 aliphatic rings. The van der Waals surface area contributed by atoms with Gasteiger partial charge in [-0.15, -0.1) is 0 Å². The van der Waals surface area contributed by atoms with E-state index in [0.717, 1.165) is 5.56 Å². The molecule has 1 rings (SSSR count). The van der Waals surface area contributed by atoms with Crippen molar-refractivity contribution in [1.29, 1.82) is 0 Å². The minimum atomic E-state index is -0.573. The van der Waals surface area contributed by atoms with Gasteiger partial charge in [-0.2, -0.15) is 0 Å². The van der Waals surface area contributed by atoms with E-state index in [4.69, 9.17) is 22.1 Å². The molecule has 0 fully saturated rings. The topological polar surface area (TPSA) is 52.3 Å². The molecule has 1 aromatic rings. The van der Waals surface area contributed by atoms with Crippen molar-refractivity contribution in [2.75, 3.05) is 7.11 Å². The Kier molecular flexibility index (Phi) is 3.92. The molecule has 0 aliphatic carbocycles. The van der Waals surface area contributed by atoms with E-state index >= 15 is 0 Å². The summed E-state index contributed by atoms with van der Waals surface area (Å²) in [5.74, 6) is -0.456. The molecule has 0 heterocycles. The van der Waals surface area contributed by atoms with E-state index in [0.29, 0.717) is 11.4 Å². The molecular weight excluding hydrogens is 202 g/mol. The van der Waals surface area contributed by atoms with Crippen molar-refractivity contribution in [3.05, 3.63) is 34.9 Å². The monoisotopic (exact) mass is 213 g/mol. The van der Waals surface area contributed by atoms with Crippen LogP contribution in [0.15, 0.2) is 24.3 Å². The molecule has 4 heteroatoms. The van der Waals surface area contributed by atoms with Crippen LogP contribution in [0.25, 0.3) is 0 Å². The highest BCUT2D eigenvalue weighted by molar-refractivity contribution is 6.30. The van der Waals surface area contributed by atoms with Gasteiger partial charge in [0.05, 0.1) is 0 Å². The first-order chi connectivity index (χ1) is 6.63. The number of rotatable bonds is 4. The minimum absolute atomic E-state index is 0.456. The highest BCUT2D eigenvalue weighted by atomic mass is 35.5. The Balaban J connectivity index is 2.67. The van der Waals surface area contributed by atoms with Gasteiger partial charge in [0.15, 0.2) is 0 Å². The average Bonchev–Trinajstić information content (AvgIpc) is 2.16. The number of carbonyl (C=O) groups is 1. The van der Waals surface area contributed by atoms with Crippen molar-refractivity contribution in [3.8, 4) is 0 Å². The van der Waals surface area contributed by atoms with Crippen LogP contribution in [0.5, 0.6) is 0 Å². The fourth-order valence-corrected chi connectivity index (χ4v) is 1.26. The maximum atomic E-state index is 10.9. The van der Waals surface area contributed by atoms with Crippen LogP contribution < -0.4 is 5.73 Å². The number of ether oxygens (including phenoxy) is 1. The van der Waals surface area contributed by atoms with Gasteiger partial charge in [0.25, 0.3) is 0 Å². The third-order valence-electron chi connectivity index (χ3n) is 1.94. The van der Waals surface area contributed by atoms with Crippen LogP contribution in [0.3, 0.4) is 0 Å². The van der Waals surface area contributed by atoms with E-state index in [1.807, 2.05) is 12.1 Å². The van der Waals surface area contributed by atoms with Crippen LogP contribution in [-0.4, -0.2) is 19.1 Å². The van der Waals surface area contributed by atoms with Crippen molar-refractivity contribution in [2.45, 2.75) is 12.5 Å². The van der Waals surface area contributed by atoms with Crippen LogP contribution in [0.2, 0.25) is 5.02 Å². The third kappa shape index (κ3) is 3.01. The van der Waals surface area contributed by atoms with Gasteiger partial charge in [-0.25, -0.2) is 0 Å². The molecule has 14 heavy (non-hydrogen) atoms. The summed E-state index contributed by atoms with van der Waals surface area (Å²) in [6.07, 6.45) is -0.0978. The van der Waals surface area contributed by atoms with Gasteiger partial charge in [-0.1, -0.05) is 23.7 Å². The molecule has 3 nitrogen and oxygen atoms in total. The quantitative estimate of drug-likeness (QED) is 0.822. The summed E-state index contributed by atoms with van der Waals surface area (Å²) in [7, 11) is 1.46. The van der Waals surface area contributed by atoms with Crippen LogP contribution in [0.1, 0.15) is 5.56 Å². The molecule has 0 bridgehead atoms. The molecule has 1 unspecified atom stereocenters. The maximum absolute atomic E-state index is 10.9. The number of carbonyl (C=O) groups excluding carboxylic acids is 1. The highest BCUT2D eigenvalue weighted by Gasteiger charge is 2.14. The van der Waals surface area contributed by atoms with Gasteiger partial charge < -0.3 is 10.5 Å². The summed E-state index contributed by atoms with van der Waals surface area (Å²) in [6.45, 7) is 0. The largest absolute Gasteiger partial charge is 0.371 e. The first kappa shape index (κ1) is 11.0. The zero-order chi connectivity index (χ0) is 10.6. The molecule has 0 saturated carbocycles. The van der Waals surface area contributed by atoms with Gasteiger partial charge in [0, 0.05) is 18.6 Å². The summed E-state index contributed by atoms with van der Waals surface area (Å²) in [6, 6.07) is 7.23. The third-order valence-corrected chi connectivity index (χ3v) is 2.19. The molecule has 76 valence electrons. The van der Waals surface area contributed by atoms with Gasteiger partial charge >= 0.3 is 0 Å². The molecule has 1 amide bonds. The summed E-state index contributed by atoms with van der Waals surface area (Å²) in [5.41, 5.74) is 6.11. The van der Waals surface area contributed by atoms with Crippen LogP contribution in [0.4, 0.5) is 0 Å². The minimum Gasteiger partial charge on any atom is -0.371 e. The molecule has 0 saturated heterocycles. The zero-order valence-corrected chi connectivity index (χ0v) is 8.62. The van der Waals surface area contributed by atoms with E-state index in [-0.39, 0.29) is 0 Å². The number of hydrogen-bond acceptors (Lipinski definition) is 2. The number of nitrogens with two attached hydrogens (primary N) is 1. The predicted octanol–water partition coefficient (Wildman–Crippen LogP) is 1.38. The number of methoxy groups -OCH3 is 1. The lowest BCUT2D eigenvalue weighted by Gasteiger charge is -2.10. The second-order valence-corrected chi connectivity index (χ2v) is 3.39. The Hall–Kier alpha value is -1.06. The molecule has 0 radical (unpaired) electrons. The molecule has 1 atom stereocenters. The number of amides is 1. The van der Waals surface area contributed by atoms with E-state index in [1.165, 1.54) is 7.11 Å². The van der Waals surface area contributed by atoms with Crippen molar-refractivity contribution < 1.29 is 9.53 Å². The molecule has 2 N–H and O–H groups in total. The zero-order valence-electron chi connectivity index (χ0n) is 7.87. The second kappa shape index (κ2) is 4.98. The summed E-state index contributed by atoms with van der Waals surface area (Å²) in [5, 5.41) is 0.668. The van der Waals surface area contributed by atoms with Crippen molar-refractivity contribution in [3.63, 3.8) is 0 Å². The lowest BCUT2D eigenvalue weighted by molar-refractivity contribution is -0.127. The first-order valence-corrected chi connectivity index (χ1v) is 4.58. The maximum Gasteiger partial charge on any atom is 0.246 e. The predicted molar refractivity (Wildman–Crippen MR) is 55.1 cm³/mol. The number of primary amides is 1. The lowest BCUT2D eigenvalue weighted by atomic mass is 10.1. The second-order valence-electron chi connectivity index (χ2n) is 2.96. The SMILES string of the molecule is COC(Cc1ccc(Cl)cc1)C(N)=O. The van der Waals surface area contributed by atoms with Gasteiger partial charge in [0.1, 0.15) is 6.10 Å². The number of hydrogen-bond donors (Lipinski definition) is 1. The molecular formula is C10H12ClNO2. The number of benzene rings is 1. The van der Waals surface area contributed by atoms with Gasteiger partial charge in [0.2, 0.25) is 5.91 Å². The Morgan fingerprint density at radius 2 is 2.07 bits per heavy atom. The number of halogens is 1. The molecule has 1 aromatic carbocycles. The summed E-state index contributed by atoms with van der Waals surface area (Å²) >= 11 is 5.72. The van der Waals surface area contributed by atoms with E-state index < -0.39 is 12.0 Å². The van der Waals surface area contributed by atoms with E-state index in [9.17, 15) is 4.79 Å². The Morgan fingerprint density at radius 3 is 2.50 bits per heavy atom. The van der Waals surface area contributed by atoms with Crippen LogP contribution >= 0.6 is 11.6 Å². The average molecular weight is 214 g/mol. The van der Waals surface area contributed by atoms with Gasteiger partial charge in [-0.3, -0.25) is 4.79 Å². The Labute approximate surface area is 87.8 Å². The summed E-state index contributed by atoms with van der Waals surface area (Å²) < 4.78 is 4.94. The Bertz CT molecular complexity index is 310. The molecule has 0 spiro atoms.